The lowest BCUT2D eigenvalue weighted by atomic mass is 10.1. The van der Waals surface area contributed by atoms with Crippen molar-refractivity contribution in [3.05, 3.63) is 58.6 Å². The van der Waals surface area contributed by atoms with Gasteiger partial charge in [0.2, 0.25) is 5.91 Å². The Morgan fingerprint density at radius 1 is 1.15 bits per heavy atom. The minimum absolute atomic E-state index is 0.323. The summed E-state index contributed by atoms with van der Waals surface area (Å²) in [5.74, 6) is -1.26. The number of hydrogen-bond acceptors (Lipinski definition) is 5. The molecule has 1 aromatic heterocycles. The van der Waals surface area contributed by atoms with E-state index in [1.807, 2.05) is 13.0 Å². The molecule has 1 aliphatic rings. The molecule has 0 radical (unpaired) electrons. The molecule has 3 aromatic rings. The van der Waals surface area contributed by atoms with Gasteiger partial charge in [-0.2, -0.15) is 0 Å². The number of fused-ring (bicyclic) bond motifs is 2. The molecule has 0 spiro atoms. The molecule has 3 amide bonds. The average Bonchev–Trinajstić information content (AvgIpc) is 3.17. The van der Waals surface area contributed by atoms with Crippen LogP contribution >= 0.6 is 22.9 Å². The van der Waals surface area contributed by atoms with Crippen molar-refractivity contribution < 1.29 is 14.4 Å². The van der Waals surface area contributed by atoms with Crippen LogP contribution in [-0.4, -0.2) is 40.7 Å². The highest BCUT2D eigenvalue weighted by atomic mass is 35.5. The quantitative estimate of drug-likeness (QED) is 0.628. The van der Waals surface area contributed by atoms with Gasteiger partial charge in [0.15, 0.2) is 5.13 Å². The standard InChI is InChI=1S/C19H14ClN3O3S/c1-2-22(19-21-14-9-11(20)7-8-15(14)27-19)16(24)10-23-17(25)12-5-3-4-6-13(12)18(23)26/h3-9H,2,10H2,1H3. The molecule has 136 valence electrons. The Morgan fingerprint density at radius 2 is 1.81 bits per heavy atom. The second-order valence-electron chi connectivity index (χ2n) is 5.99. The molecule has 0 aliphatic carbocycles. The van der Waals surface area contributed by atoms with Crippen LogP contribution < -0.4 is 4.90 Å². The maximum absolute atomic E-state index is 12.8. The Kier molecular flexibility index (Phi) is 4.41. The molecule has 1 aliphatic heterocycles. The lowest BCUT2D eigenvalue weighted by Gasteiger charge is -2.21. The van der Waals surface area contributed by atoms with Gasteiger partial charge >= 0.3 is 0 Å². The zero-order chi connectivity index (χ0) is 19.1. The van der Waals surface area contributed by atoms with Crippen LogP contribution in [0.3, 0.4) is 0 Å². The van der Waals surface area contributed by atoms with E-state index in [9.17, 15) is 14.4 Å². The molecule has 0 fully saturated rings. The largest absolute Gasteiger partial charge is 0.287 e. The van der Waals surface area contributed by atoms with E-state index < -0.39 is 11.8 Å². The number of hydrogen-bond donors (Lipinski definition) is 0. The molecular formula is C19H14ClN3O3S. The third-order valence-corrected chi connectivity index (χ3v) is 5.65. The van der Waals surface area contributed by atoms with Crippen LogP contribution in [0.1, 0.15) is 27.6 Å². The predicted octanol–water partition coefficient (Wildman–Crippen LogP) is 3.60. The first-order chi connectivity index (χ1) is 13.0. The van der Waals surface area contributed by atoms with Gasteiger partial charge in [-0.3, -0.25) is 24.2 Å². The van der Waals surface area contributed by atoms with E-state index in [1.165, 1.54) is 16.2 Å². The smallest absolute Gasteiger partial charge is 0.262 e. The van der Waals surface area contributed by atoms with Crippen LogP contribution in [0, 0.1) is 0 Å². The Bertz CT molecular complexity index is 1060. The van der Waals surface area contributed by atoms with Crippen molar-refractivity contribution >= 4 is 56.0 Å². The summed E-state index contributed by atoms with van der Waals surface area (Å²) in [6.45, 7) is 1.87. The fourth-order valence-corrected chi connectivity index (χ4v) is 4.22. The predicted molar refractivity (Wildman–Crippen MR) is 104 cm³/mol. The van der Waals surface area contributed by atoms with Crippen molar-refractivity contribution in [3.8, 4) is 0 Å². The summed E-state index contributed by atoms with van der Waals surface area (Å²) >= 11 is 7.36. The summed E-state index contributed by atoms with van der Waals surface area (Å²) in [6, 6.07) is 11.9. The minimum Gasteiger partial charge on any atom is -0.287 e. The lowest BCUT2D eigenvalue weighted by molar-refractivity contribution is -0.118. The van der Waals surface area contributed by atoms with Crippen molar-refractivity contribution in [2.45, 2.75) is 6.92 Å². The molecule has 2 heterocycles. The Morgan fingerprint density at radius 3 is 2.44 bits per heavy atom. The minimum atomic E-state index is -0.448. The number of likely N-dealkylation sites (N-methyl/N-ethyl adjacent to an activating group) is 1. The van der Waals surface area contributed by atoms with Gasteiger partial charge in [-0.25, -0.2) is 4.98 Å². The second-order valence-corrected chi connectivity index (χ2v) is 7.43. The molecular weight excluding hydrogens is 386 g/mol. The highest BCUT2D eigenvalue weighted by Gasteiger charge is 2.37. The van der Waals surface area contributed by atoms with E-state index in [0.29, 0.717) is 33.3 Å². The maximum Gasteiger partial charge on any atom is 0.262 e. The zero-order valence-electron chi connectivity index (χ0n) is 14.3. The summed E-state index contributed by atoms with van der Waals surface area (Å²) in [4.78, 5) is 44.7. The van der Waals surface area contributed by atoms with E-state index in [1.54, 1.807) is 36.4 Å². The van der Waals surface area contributed by atoms with Gasteiger partial charge in [0.1, 0.15) is 6.54 Å². The van der Waals surface area contributed by atoms with Gasteiger partial charge in [0.25, 0.3) is 11.8 Å². The molecule has 0 N–H and O–H groups in total. The van der Waals surface area contributed by atoms with Gasteiger partial charge < -0.3 is 0 Å². The number of aromatic nitrogens is 1. The number of imide groups is 1. The molecule has 27 heavy (non-hydrogen) atoms. The number of nitrogens with zero attached hydrogens (tertiary/aromatic N) is 3. The normalized spacial score (nSPS) is 13.3. The van der Waals surface area contributed by atoms with Gasteiger partial charge in [-0.1, -0.05) is 35.1 Å². The molecule has 0 atom stereocenters. The number of thiazole rings is 1. The van der Waals surface area contributed by atoms with E-state index in [4.69, 9.17) is 11.6 Å². The molecule has 8 heteroatoms. The lowest BCUT2D eigenvalue weighted by Crippen LogP contribution is -2.42. The van der Waals surface area contributed by atoms with E-state index in [2.05, 4.69) is 4.98 Å². The van der Waals surface area contributed by atoms with E-state index >= 15 is 0 Å². The van der Waals surface area contributed by atoms with Crippen LogP contribution in [0.25, 0.3) is 10.2 Å². The van der Waals surface area contributed by atoms with Gasteiger partial charge in [0, 0.05) is 11.6 Å². The van der Waals surface area contributed by atoms with Crippen LogP contribution in [0.4, 0.5) is 5.13 Å². The summed E-state index contributed by atoms with van der Waals surface area (Å²) in [7, 11) is 0. The molecule has 0 unspecified atom stereocenters. The summed E-state index contributed by atoms with van der Waals surface area (Å²) in [5.41, 5.74) is 1.36. The molecule has 0 saturated carbocycles. The first-order valence-electron chi connectivity index (χ1n) is 8.31. The summed E-state index contributed by atoms with van der Waals surface area (Å²) in [6.07, 6.45) is 0. The summed E-state index contributed by atoms with van der Waals surface area (Å²) < 4.78 is 0.904. The SMILES string of the molecule is CCN(C(=O)CN1C(=O)c2ccccc2C1=O)c1nc2cc(Cl)ccc2s1. The summed E-state index contributed by atoms with van der Waals surface area (Å²) in [5, 5.41) is 1.08. The topological polar surface area (TPSA) is 70.6 Å². The number of carbonyl (C=O) groups excluding carboxylic acids is 3. The number of benzene rings is 2. The van der Waals surface area contributed by atoms with Crippen LogP contribution in [0.15, 0.2) is 42.5 Å². The van der Waals surface area contributed by atoms with Crippen molar-refractivity contribution in [1.29, 1.82) is 0 Å². The molecule has 0 bridgehead atoms. The monoisotopic (exact) mass is 399 g/mol. The number of amides is 3. The second kappa shape index (κ2) is 6.75. The van der Waals surface area contributed by atoms with E-state index in [0.717, 1.165) is 9.60 Å². The fraction of sp³-hybridized carbons (Fsp3) is 0.158. The van der Waals surface area contributed by atoms with Crippen molar-refractivity contribution in [3.63, 3.8) is 0 Å². The van der Waals surface area contributed by atoms with Crippen LogP contribution in [-0.2, 0) is 4.79 Å². The molecule has 6 nitrogen and oxygen atoms in total. The first kappa shape index (κ1) is 17.6. The molecule has 4 rings (SSSR count). The molecule has 2 aromatic carbocycles. The van der Waals surface area contributed by atoms with Crippen molar-refractivity contribution in [2.75, 3.05) is 18.0 Å². The number of anilines is 1. The average molecular weight is 400 g/mol. The zero-order valence-corrected chi connectivity index (χ0v) is 15.9. The Hall–Kier alpha value is -2.77. The third kappa shape index (κ3) is 2.98. The number of carbonyl (C=O) groups is 3. The molecule has 0 saturated heterocycles. The fourth-order valence-electron chi connectivity index (χ4n) is 3.03. The first-order valence-corrected chi connectivity index (χ1v) is 9.50. The van der Waals surface area contributed by atoms with Crippen molar-refractivity contribution in [2.24, 2.45) is 0 Å². The van der Waals surface area contributed by atoms with Gasteiger partial charge in [-0.05, 0) is 37.3 Å². The third-order valence-electron chi connectivity index (χ3n) is 4.36. The van der Waals surface area contributed by atoms with Crippen LogP contribution in [0.2, 0.25) is 5.02 Å². The number of rotatable bonds is 4. The maximum atomic E-state index is 12.8. The Labute approximate surface area is 164 Å². The van der Waals surface area contributed by atoms with Crippen LogP contribution in [0.5, 0.6) is 0 Å². The van der Waals surface area contributed by atoms with E-state index in [-0.39, 0.29) is 12.5 Å². The Balaban J connectivity index is 1.59. The number of halogens is 1. The van der Waals surface area contributed by atoms with Crippen molar-refractivity contribution in [1.82, 2.24) is 9.88 Å². The van der Waals surface area contributed by atoms with Gasteiger partial charge in [0.05, 0.1) is 21.3 Å². The highest BCUT2D eigenvalue weighted by molar-refractivity contribution is 7.22. The highest BCUT2D eigenvalue weighted by Crippen LogP contribution is 2.31. The van der Waals surface area contributed by atoms with Gasteiger partial charge in [-0.15, -0.1) is 0 Å².